The fourth-order valence-corrected chi connectivity index (χ4v) is 2.89. The van der Waals surface area contributed by atoms with E-state index in [4.69, 9.17) is 4.74 Å². The second kappa shape index (κ2) is 8.98. The van der Waals surface area contributed by atoms with Crippen LogP contribution in [0.5, 0.6) is 0 Å². The van der Waals surface area contributed by atoms with Crippen LogP contribution in [0.2, 0.25) is 0 Å². The maximum absolute atomic E-state index is 14.5. The zero-order valence-corrected chi connectivity index (χ0v) is 15.8. The van der Waals surface area contributed by atoms with Crippen LogP contribution >= 0.6 is 0 Å². The van der Waals surface area contributed by atoms with E-state index in [1.807, 2.05) is 25.8 Å². The van der Waals surface area contributed by atoms with Crippen LogP contribution in [0.25, 0.3) is 0 Å². The van der Waals surface area contributed by atoms with E-state index in [1.165, 1.54) is 19.2 Å². The van der Waals surface area contributed by atoms with E-state index >= 15 is 0 Å². The van der Waals surface area contributed by atoms with Crippen molar-refractivity contribution in [1.82, 2.24) is 4.90 Å². The van der Waals surface area contributed by atoms with Gasteiger partial charge in [0.15, 0.2) is 6.10 Å². The molecule has 0 bridgehead atoms. The number of esters is 2. The molecule has 1 atom stereocenters. The summed E-state index contributed by atoms with van der Waals surface area (Å²) in [7, 11) is 3.27. The molecule has 1 fully saturated rings. The molecule has 0 aliphatic carbocycles. The van der Waals surface area contributed by atoms with E-state index in [9.17, 15) is 14.0 Å². The lowest BCUT2D eigenvalue weighted by molar-refractivity contribution is -0.151. The summed E-state index contributed by atoms with van der Waals surface area (Å²) in [5, 5.41) is 0. The second-order valence-electron chi connectivity index (χ2n) is 7.00. The number of carbonyl (C=O) groups is 2. The molecule has 1 heterocycles. The van der Waals surface area contributed by atoms with Crippen molar-refractivity contribution in [3.63, 3.8) is 0 Å². The summed E-state index contributed by atoms with van der Waals surface area (Å²) in [4.78, 5) is 28.2. The minimum absolute atomic E-state index is 0.0815. The molecule has 2 rings (SSSR count). The number of halogens is 1. The zero-order chi connectivity index (χ0) is 19.3. The Balaban J connectivity index is 2.09. The molecule has 1 saturated heterocycles. The molecule has 0 N–H and O–H groups in total. The molecule has 144 valence electrons. The molecule has 0 aromatic heterocycles. The highest BCUT2D eigenvalue weighted by molar-refractivity contribution is 5.92. The normalized spacial score (nSPS) is 16.5. The Labute approximate surface area is 153 Å². The molecular weight excluding hydrogens is 339 g/mol. The van der Waals surface area contributed by atoms with Crippen molar-refractivity contribution in [1.29, 1.82) is 0 Å². The molecule has 1 aromatic carbocycles. The first kappa shape index (κ1) is 20.2. The van der Waals surface area contributed by atoms with Gasteiger partial charge < -0.3 is 19.3 Å². The molecule has 1 aromatic rings. The molecule has 26 heavy (non-hydrogen) atoms. The second-order valence-corrected chi connectivity index (χ2v) is 7.00. The predicted octanol–water partition coefficient (Wildman–Crippen LogP) is 2.32. The van der Waals surface area contributed by atoms with Gasteiger partial charge in [0.1, 0.15) is 5.82 Å². The van der Waals surface area contributed by atoms with Gasteiger partial charge in [-0.2, -0.15) is 0 Å². The average Bonchev–Trinajstić information content (AvgIpc) is 2.60. The average molecular weight is 366 g/mol. The molecule has 0 amide bonds. The van der Waals surface area contributed by atoms with Crippen LogP contribution < -0.4 is 4.90 Å². The number of ether oxygens (including phenoxy) is 2. The molecule has 0 radical (unpaired) electrons. The summed E-state index contributed by atoms with van der Waals surface area (Å²) in [6, 6.07) is 4.29. The van der Waals surface area contributed by atoms with Gasteiger partial charge in [-0.05, 0) is 37.6 Å². The third kappa shape index (κ3) is 5.17. The van der Waals surface area contributed by atoms with Gasteiger partial charge in [0.2, 0.25) is 0 Å². The Hall–Kier alpha value is -2.15. The van der Waals surface area contributed by atoms with Gasteiger partial charge in [0, 0.05) is 26.2 Å². The monoisotopic (exact) mass is 366 g/mol. The summed E-state index contributed by atoms with van der Waals surface area (Å²) in [5.41, 5.74) is 0.555. The Kier molecular flexibility index (Phi) is 6.97. The molecule has 7 heteroatoms. The SMILES string of the molecule is COC(=O)C(CC(C)C)OC(=O)c1ccc(N2CCN(C)CC2)c(F)c1. The lowest BCUT2D eigenvalue weighted by atomic mass is 10.1. The summed E-state index contributed by atoms with van der Waals surface area (Å²) in [6.07, 6.45) is -0.645. The van der Waals surface area contributed by atoms with Crippen molar-refractivity contribution in [2.24, 2.45) is 5.92 Å². The van der Waals surface area contributed by atoms with E-state index in [2.05, 4.69) is 9.64 Å². The van der Waals surface area contributed by atoms with Crippen molar-refractivity contribution >= 4 is 17.6 Å². The molecular formula is C19H27FN2O4. The molecule has 1 aliphatic heterocycles. The summed E-state index contributed by atoms with van der Waals surface area (Å²) >= 11 is 0. The van der Waals surface area contributed by atoms with Crippen LogP contribution in [-0.2, 0) is 14.3 Å². The number of carbonyl (C=O) groups excluding carboxylic acids is 2. The smallest absolute Gasteiger partial charge is 0.347 e. The lowest BCUT2D eigenvalue weighted by Gasteiger charge is -2.34. The first-order valence-corrected chi connectivity index (χ1v) is 8.83. The van der Waals surface area contributed by atoms with Crippen molar-refractivity contribution < 1.29 is 23.5 Å². The van der Waals surface area contributed by atoms with Gasteiger partial charge in [-0.3, -0.25) is 0 Å². The number of benzene rings is 1. The van der Waals surface area contributed by atoms with Crippen LogP contribution in [0.15, 0.2) is 18.2 Å². The van der Waals surface area contributed by atoms with Gasteiger partial charge in [-0.1, -0.05) is 13.8 Å². The molecule has 0 spiro atoms. The third-order valence-corrected chi connectivity index (χ3v) is 4.43. The van der Waals surface area contributed by atoms with Crippen molar-refractivity contribution in [3.8, 4) is 0 Å². The highest BCUT2D eigenvalue weighted by Crippen LogP contribution is 2.23. The van der Waals surface area contributed by atoms with Crippen molar-refractivity contribution in [2.75, 3.05) is 45.2 Å². The minimum Gasteiger partial charge on any atom is -0.466 e. The van der Waals surface area contributed by atoms with Crippen LogP contribution in [0.3, 0.4) is 0 Å². The van der Waals surface area contributed by atoms with Gasteiger partial charge in [-0.25, -0.2) is 14.0 Å². The summed E-state index contributed by atoms with van der Waals surface area (Å²) < 4.78 is 24.4. The fourth-order valence-electron chi connectivity index (χ4n) is 2.89. The van der Waals surface area contributed by atoms with E-state index in [-0.39, 0.29) is 11.5 Å². The number of anilines is 1. The molecule has 6 nitrogen and oxygen atoms in total. The largest absolute Gasteiger partial charge is 0.466 e. The van der Waals surface area contributed by atoms with E-state index in [0.717, 1.165) is 26.2 Å². The number of methoxy groups -OCH3 is 1. The molecule has 0 saturated carbocycles. The van der Waals surface area contributed by atoms with E-state index < -0.39 is 23.9 Å². The van der Waals surface area contributed by atoms with Gasteiger partial charge in [0.05, 0.1) is 18.4 Å². The topological polar surface area (TPSA) is 59.1 Å². The standard InChI is InChI=1S/C19H27FN2O4/c1-13(2)11-17(19(24)25-4)26-18(23)14-5-6-16(15(20)12-14)22-9-7-21(3)8-10-22/h5-6,12-13,17H,7-11H2,1-4H3. The van der Waals surface area contributed by atoms with Crippen molar-refractivity contribution in [2.45, 2.75) is 26.4 Å². The van der Waals surface area contributed by atoms with Gasteiger partial charge >= 0.3 is 11.9 Å². The number of hydrogen-bond donors (Lipinski definition) is 0. The predicted molar refractivity (Wildman–Crippen MR) is 96.8 cm³/mol. The van der Waals surface area contributed by atoms with Crippen molar-refractivity contribution in [3.05, 3.63) is 29.6 Å². The number of hydrogen-bond acceptors (Lipinski definition) is 6. The number of nitrogens with zero attached hydrogens (tertiary/aromatic N) is 2. The van der Waals surface area contributed by atoms with Gasteiger partial charge in [0.25, 0.3) is 0 Å². The highest BCUT2D eigenvalue weighted by Gasteiger charge is 2.26. The van der Waals surface area contributed by atoms with Crippen LogP contribution in [0.4, 0.5) is 10.1 Å². The van der Waals surface area contributed by atoms with E-state index in [0.29, 0.717) is 12.1 Å². The summed E-state index contributed by atoms with van der Waals surface area (Å²) in [5.74, 6) is -1.67. The first-order valence-electron chi connectivity index (χ1n) is 8.83. The third-order valence-electron chi connectivity index (χ3n) is 4.43. The Morgan fingerprint density at radius 3 is 2.38 bits per heavy atom. The Morgan fingerprint density at radius 1 is 1.19 bits per heavy atom. The van der Waals surface area contributed by atoms with Crippen LogP contribution in [-0.4, -0.2) is 63.3 Å². The Bertz CT molecular complexity index is 642. The quantitative estimate of drug-likeness (QED) is 0.720. The van der Waals surface area contributed by atoms with Gasteiger partial charge in [-0.15, -0.1) is 0 Å². The maximum Gasteiger partial charge on any atom is 0.347 e. The summed E-state index contributed by atoms with van der Waals surface area (Å²) in [6.45, 7) is 7.01. The zero-order valence-electron chi connectivity index (χ0n) is 15.8. The molecule has 1 unspecified atom stereocenters. The number of likely N-dealkylation sites (N-methyl/N-ethyl adjacent to an activating group) is 1. The minimum atomic E-state index is -0.993. The molecule has 1 aliphatic rings. The fraction of sp³-hybridized carbons (Fsp3) is 0.579. The first-order chi connectivity index (χ1) is 12.3. The number of rotatable bonds is 6. The van der Waals surface area contributed by atoms with Crippen LogP contribution in [0.1, 0.15) is 30.6 Å². The lowest BCUT2D eigenvalue weighted by Crippen LogP contribution is -2.44. The number of piperazine rings is 1. The van der Waals surface area contributed by atoms with Crippen LogP contribution in [0, 0.1) is 11.7 Å². The maximum atomic E-state index is 14.5. The Morgan fingerprint density at radius 2 is 1.85 bits per heavy atom. The highest BCUT2D eigenvalue weighted by atomic mass is 19.1. The van der Waals surface area contributed by atoms with E-state index in [1.54, 1.807) is 6.07 Å².